The molecule has 1 aliphatic carbocycles. The summed E-state index contributed by atoms with van der Waals surface area (Å²) in [4.78, 5) is 10.8. The SMILES string of the molecule is [2H]C([2H])(/C=C/CC1C(O)CC(O)C1/C=C/C(O)CCCCC)C([2H])([2H])CC(=O)O. The second kappa shape index (κ2) is 12.2. The highest BCUT2D eigenvalue weighted by atomic mass is 16.4. The van der Waals surface area contributed by atoms with Crippen molar-refractivity contribution in [2.75, 3.05) is 0 Å². The van der Waals surface area contributed by atoms with Gasteiger partial charge in [-0.3, -0.25) is 4.79 Å². The summed E-state index contributed by atoms with van der Waals surface area (Å²) in [5, 5.41) is 39.3. The van der Waals surface area contributed by atoms with Gasteiger partial charge in [0.05, 0.1) is 18.3 Å². The van der Waals surface area contributed by atoms with Crippen molar-refractivity contribution in [1.29, 1.82) is 0 Å². The van der Waals surface area contributed by atoms with Crippen molar-refractivity contribution in [3.63, 3.8) is 0 Å². The average Bonchev–Trinajstić information content (AvgIpc) is 2.85. The number of hydrogen-bond donors (Lipinski definition) is 4. The Morgan fingerprint density at radius 3 is 2.72 bits per heavy atom. The minimum atomic E-state index is -2.58. The molecular weight excluding hydrogens is 320 g/mol. The maximum Gasteiger partial charge on any atom is 0.303 e. The summed E-state index contributed by atoms with van der Waals surface area (Å²) < 4.78 is 31.0. The molecule has 1 rings (SSSR count). The molecule has 144 valence electrons. The van der Waals surface area contributed by atoms with E-state index in [0.717, 1.165) is 25.3 Å². The lowest BCUT2D eigenvalue weighted by atomic mass is 9.89. The highest BCUT2D eigenvalue weighted by molar-refractivity contribution is 5.66. The Morgan fingerprint density at radius 2 is 2.04 bits per heavy atom. The summed E-state index contributed by atoms with van der Waals surface area (Å²) in [5.41, 5.74) is 0. The fourth-order valence-corrected chi connectivity index (χ4v) is 3.13. The van der Waals surface area contributed by atoms with Gasteiger partial charge in [0.25, 0.3) is 0 Å². The second-order valence-corrected chi connectivity index (χ2v) is 6.59. The summed E-state index contributed by atoms with van der Waals surface area (Å²) in [5.74, 6) is -2.23. The van der Waals surface area contributed by atoms with Crippen LogP contribution in [0, 0.1) is 11.8 Å². The quantitative estimate of drug-likeness (QED) is 0.317. The van der Waals surface area contributed by atoms with Gasteiger partial charge in [-0.15, -0.1) is 0 Å². The summed E-state index contributed by atoms with van der Waals surface area (Å²) in [6.07, 6.45) is 1.45. The van der Waals surface area contributed by atoms with Gasteiger partial charge in [-0.05, 0) is 31.5 Å². The standard InChI is InChI=1S/C20H34O5/c1-2-3-6-9-15(21)12-13-17-16(18(22)14-19(17)23)10-7-4-5-8-11-20(24)25/h4,7,12-13,15-19,21-23H,2-3,5-6,8-11,14H2,1H3,(H,24,25)/b7-4+,13-12+/i5D2,8D2. The molecule has 0 aromatic heterocycles. The van der Waals surface area contributed by atoms with E-state index in [-0.39, 0.29) is 12.8 Å². The minimum Gasteiger partial charge on any atom is -0.481 e. The first-order valence-electron chi connectivity index (χ1n) is 11.0. The van der Waals surface area contributed by atoms with Crippen LogP contribution in [0.1, 0.15) is 70.1 Å². The van der Waals surface area contributed by atoms with Gasteiger partial charge in [-0.2, -0.15) is 0 Å². The molecule has 1 aliphatic rings. The van der Waals surface area contributed by atoms with Crippen LogP contribution in [0.15, 0.2) is 24.3 Å². The highest BCUT2D eigenvalue weighted by Gasteiger charge is 2.39. The maximum atomic E-state index is 10.8. The molecule has 0 aromatic carbocycles. The van der Waals surface area contributed by atoms with Crippen molar-refractivity contribution in [1.82, 2.24) is 0 Å². The predicted octanol–water partition coefficient (Wildman–Crippen LogP) is 3.04. The van der Waals surface area contributed by atoms with E-state index in [9.17, 15) is 20.1 Å². The number of hydrogen-bond acceptors (Lipinski definition) is 4. The third kappa shape index (κ3) is 8.66. The molecule has 0 aliphatic heterocycles. The van der Waals surface area contributed by atoms with E-state index in [1.54, 1.807) is 12.2 Å². The molecule has 0 amide bonds. The number of aliphatic hydroxyl groups excluding tert-OH is 3. The van der Waals surface area contributed by atoms with E-state index < -0.39 is 55.3 Å². The number of carboxylic acid groups (broad SMARTS) is 1. The van der Waals surface area contributed by atoms with Crippen LogP contribution in [-0.2, 0) is 4.79 Å². The molecule has 0 saturated heterocycles. The third-order valence-electron chi connectivity index (χ3n) is 4.53. The topological polar surface area (TPSA) is 98.0 Å². The van der Waals surface area contributed by atoms with Crippen molar-refractivity contribution in [3.05, 3.63) is 24.3 Å². The second-order valence-electron chi connectivity index (χ2n) is 6.59. The van der Waals surface area contributed by atoms with E-state index in [2.05, 4.69) is 6.92 Å². The normalized spacial score (nSPS) is 31.7. The zero-order valence-corrected chi connectivity index (χ0v) is 14.8. The first kappa shape index (κ1) is 16.0. The van der Waals surface area contributed by atoms with Crippen LogP contribution in [-0.4, -0.2) is 44.7 Å². The Bertz CT molecular complexity index is 579. The lowest BCUT2D eigenvalue weighted by Crippen LogP contribution is -2.20. The summed E-state index contributed by atoms with van der Waals surface area (Å²) >= 11 is 0. The summed E-state index contributed by atoms with van der Waals surface area (Å²) in [6.45, 7) is 2.08. The van der Waals surface area contributed by atoms with E-state index in [4.69, 9.17) is 10.6 Å². The lowest BCUT2D eigenvalue weighted by Gasteiger charge is -2.19. The molecule has 25 heavy (non-hydrogen) atoms. The molecule has 0 spiro atoms. The Morgan fingerprint density at radius 1 is 1.28 bits per heavy atom. The average molecular weight is 359 g/mol. The fraction of sp³-hybridized carbons (Fsp3) is 0.750. The molecule has 1 fully saturated rings. The molecule has 5 heteroatoms. The van der Waals surface area contributed by atoms with Crippen molar-refractivity contribution in [2.24, 2.45) is 11.8 Å². The minimum absolute atomic E-state index is 0.173. The zero-order chi connectivity index (χ0) is 22.2. The van der Waals surface area contributed by atoms with Gasteiger partial charge in [0.2, 0.25) is 0 Å². The van der Waals surface area contributed by atoms with Crippen molar-refractivity contribution in [3.8, 4) is 0 Å². The number of aliphatic hydroxyl groups is 3. The maximum absolute atomic E-state index is 10.8. The number of carboxylic acids is 1. The highest BCUT2D eigenvalue weighted by Crippen LogP contribution is 2.36. The number of carbonyl (C=O) groups is 1. The molecule has 1 saturated carbocycles. The van der Waals surface area contributed by atoms with Gasteiger partial charge in [-0.25, -0.2) is 0 Å². The zero-order valence-electron chi connectivity index (χ0n) is 18.8. The first-order valence-corrected chi connectivity index (χ1v) is 9.03. The van der Waals surface area contributed by atoms with Crippen LogP contribution >= 0.6 is 0 Å². The van der Waals surface area contributed by atoms with Gasteiger partial charge < -0.3 is 20.4 Å². The smallest absolute Gasteiger partial charge is 0.303 e. The van der Waals surface area contributed by atoms with Gasteiger partial charge in [-0.1, -0.05) is 50.5 Å². The van der Waals surface area contributed by atoms with Crippen LogP contribution in [0.3, 0.4) is 0 Å². The Hall–Kier alpha value is -1.17. The Labute approximate surface area is 156 Å². The first-order chi connectivity index (χ1) is 13.4. The molecule has 5 atom stereocenters. The number of aliphatic carboxylic acids is 1. The number of rotatable bonds is 12. The van der Waals surface area contributed by atoms with Crippen LogP contribution in [0.25, 0.3) is 0 Å². The molecule has 0 radical (unpaired) electrons. The van der Waals surface area contributed by atoms with Crippen molar-refractivity contribution in [2.45, 2.75) is 82.9 Å². The Kier molecular flexibility index (Phi) is 7.84. The molecule has 4 N–H and O–H groups in total. The van der Waals surface area contributed by atoms with Gasteiger partial charge in [0.15, 0.2) is 0 Å². The van der Waals surface area contributed by atoms with Crippen LogP contribution < -0.4 is 0 Å². The van der Waals surface area contributed by atoms with Crippen molar-refractivity contribution >= 4 is 5.97 Å². The molecule has 0 aromatic rings. The monoisotopic (exact) mass is 358 g/mol. The van der Waals surface area contributed by atoms with E-state index in [0.29, 0.717) is 6.42 Å². The van der Waals surface area contributed by atoms with Gasteiger partial charge in [0, 0.05) is 24.2 Å². The fourth-order valence-electron chi connectivity index (χ4n) is 3.13. The van der Waals surface area contributed by atoms with Gasteiger partial charge >= 0.3 is 5.97 Å². The lowest BCUT2D eigenvalue weighted by molar-refractivity contribution is -0.137. The van der Waals surface area contributed by atoms with E-state index in [1.807, 2.05) is 0 Å². The van der Waals surface area contributed by atoms with Crippen LogP contribution in [0.4, 0.5) is 0 Å². The molecule has 0 heterocycles. The van der Waals surface area contributed by atoms with Crippen LogP contribution in [0.5, 0.6) is 0 Å². The third-order valence-corrected chi connectivity index (χ3v) is 4.53. The van der Waals surface area contributed by atoms with E-state index >= 15 is 0 Å². The van der Waals surface area contributed by atoms with Crippen LogP contribution in [0.2, 0.25) is 0 Å². The molecule has 5 unspecified atom stereocenters. The Balaban J connectivity index is 2.76. The predicted molar refractivity (Wildman–Crippen MR) is 98.1 cm³/mol. The largest absolute Gasteiger partial charge is 0.481 e. The summed E-state index contributed by atoms with van der Waals surface area (Å²) in [6, 6.07) is 0. The van der Waals surface area contributed by atoms with E-state index in [1.165, 1.54) is 6.08 Å². The van der Waals surface area contributed by atoms with Crippen molar-refractivity contribution < 1.29 is 30.7 Å². The van der Waals surface area contributed by atoms with Gasteiger partial charge in [0.1, 0.15) is 0 Å². The molecular formula is C20H34O5. The number of unbranched alkanes of at least 4 members (excludes halogenated alkanes) is 2. The number of allylic oxidation sites excluding steroid dienone is 2. The summed E-state index contributed by atoms with van der Waals surface area (Å²) in [7, 11) is 0. The molecule has 0 bridgehead atoms. The molecule has 5 nitrogen and oxygen atoms in total.